The van der Waals surface area contributed by atoms with Crippen LogP contribution < -0.4 is 10.1 Å². The number of rotatable bonds is 6. The Morgan fingerprint density at radius 3 is 2.48 bits per heavy atom. The predicted molar refractivity (Wildman–Crippen MR) is 95.4 cm³/mol. The quantitative estimate of drug-likeness (QED) is 0.728. The summed E-state index contributed by atoms with van der Waals surface area (Å²) in [4.78, 5) is 4.84. The van der Waals surface area contributed by atoms with Crippen molar-refractivity contribution in [3.63, 3.8) is 0 Å². The first-order valence-corrected chi connectivity index (χ1v) is 9.48. The molecule has 1 aromatic carbocycles. The molecular formula is C18H18N2O4S. The monoisotopic (exact) mass is 358 g/mol. The number of hydrogen-bond donors (Lipinski definition) is 1. The number of ether oxygens (including phenoxy) is 1. The Hall–Kier alpha value is -2.80. The molecule has 7 heteroatoms. The minimum atomic E-state index is -3.23. The summed E-state index contributed by atoms with van der Waals surface area (Å²) >= 11 is 0. The first-order chi connectivity index (χ1) is 12.0. The maximum atomic E-state index is 11.6. The minimum Gasteiger partial charge on any atom is -0.494 e. The van der Waals surface area contributed by atoms with Gasteiger partial charge in [0, 0.05) is 11.8 Å². The fourth-order valence-corrected chi connectivity index (χ4v) is 3.00. The second-order valence-electron chi connectivity index (χ2n) is 5.48. The highest BCUT2D eigenvalue weighted by atomic mass is 32.2. The van der Waals surface area contributed by atoms with E-state index in [2.05, 4.69) is 10.3 Å². The number of anilines is 1. The van der Waals surface area contributed by atoms with Crippen LogP contribution in [0.4, 0.5) is 5.82 Å². The lowest BCUT2D eigenvalue weighted by Gasteiger charge is -2.11. The molecule has 2 aromatic heterocycles. The van der Waals surface area contributed by atoms with Crippen molar-refractivity contribution in [1.29, 1.82) is 0 Å². The van der Waals surface area contributed by atoms with Crippen molar-refractivity contribution < 1.29 is 17.6 Å². The summed E-state index contributed by atoms with van der Waals surface area (Å²) in [5, 5.41) is 3.19. The third-order valence-corrected chi connectivity index (χ3v) is 4.79. The number of aromatic nitrogens is 1. The van der Waals surface area contributed by atoms with Gasteiger partial charge in [0.05, 0.1) is 24.8 Å². The molecule has 0 aliphatic heterocycles. The standard InChI is InChI=1S/C18H18N2O4S/c1-23-16-9-10-17(19-12-14-4-3-11-24-14)20-18(16)13-5-7-15(8-6-13)25(2,21)22/h3-11H,12H2,1-2H3,(H,19,20). The molecule has 0 spiro atoms. The molecule has 0 fully saturated rings. The molecule has 25 heavy (non-hydrogen) atoms. The van der Waals surface area contributed by atoms with Gasteiger partial charge in [0.1, 0.15) is 23.0 Å². The molecule has 1 N–H and O–H groups in total. The fraction of sp³-hybridized carbons (Fsp3) is 0.167. The molecule has 0 radical (unpaired) electrons. The van der Waals surface area contributed by atoms with Crippen molar-refractivity contribution in [2.24, 2.45) is 0 Å². The largest absolute Gasteiger partial charge is 0.494 e. The third-order valence-electron chi connectivity index (χ3n) is 3.66. The maximum Gasteiger partial charge on any atom is 0.175 e. The predicted octanol–water partition coefficient (Wildman–Crippen LogP) is 3.37. The van der Waals surface area contributed by atoms with Crippen LogP contribution in [0.5, 0.6) is 5.75 Å². The van der Waals surface area contributed by atoms with Crippen LogP contribution in [-0.4, -0.2) is 26.8 Å². The van der Waals surface area contributed by atoms with Crippen molar-refractivity contribution >= 4 is 15.7 Å². The van der Waals surface area contributed by atoms with Crippen molar-refractivity contribution in [3.05, 3.63) is 60.6 Å². The van der Waals surface area contributed by atoms with E-state index in [9.17, 15) is 8.42 Å². The van der Waals surface area contributed by atoms with Gasteiger partial charge in [-0.3, -0.25) is 0 Å². The highest BCUT2D eigenvalue weighted by molar-refractivity contribution is 7.90. The first-order valence-electron chi connectivity index (χ1n) is 7.59. The summed E-state index contributed by atoms with van der Waals surface area (Å²) in [6, 6.07) is 13.9. The van der Waals surface area contributed by atoms with E-state index < -0.39 is 9.84 Å². The lowest BCUT2D eigenvalue weighted by atomic mass is 10.1. The van der Waals surface area contributed by atoms with Crippen molar-refractivity contribution in [3.8, 4) is 17.0 Å². The van der Waals surface area contributed by atoms with Gasteiger partial charge in [0.15, 0.2) is 9.84 Å². The summed E-state index contributed by atoms with van der Waals surface area (Å²) in [6.07, 6.45) is 2.80. The zero-order valence-corrected chi connectivity index (χ0v) is 14.7. The number of nitrogens with one attached hydrogen (secondary N) is 1. The average Bonchev–Trinajstić information content (AvgIpc) is 3.12. The van der Waals surface area contributed by atoms with Gasteiger partial charge in [-0.1, -0.05) is 12.1 Å². The van der Waals surface area contributed by atoms with Crippen molar-refractivity contribution in [1.82, 2.24) is 4.98 Å². The van der Waals surface area contributed by atoms with E-state index in [1.165, 1.54) is 6.26 Å². The van der Waals surface area contributed by atoms with Crippen LogP contribution in [0.3, 0.4) is 0 Å². The van der Waals surface area contributed by atoms with E-state index in [0.29, 0.717) is 23.8 Å². The second kappa shape index (κ2) is 6.98. The smallest absolute Gasteiger partial charge is 0.175 e. The number of pyridine rings is 1. The third kappa shape index (κ3) is 4.00. The molecule has 0 bridgehead atoms. The summed E-state index contributed by atoms with van der Waals surface area (Å²) in [6.45, 7) is 0.513. The van der Waals surface area contributed by atoms with Gasteiger partial charge in [-0.25, -0.2) is 13.4 Å². The van der Waals surface area contributed by atoms with Crippen LogP contribution in [0.25, 0.3) is 11.3 Å². The van der Waals surface area contributed by atoms with Crippen LogP contribution in [-0.2, 0) is 16.4 Å². The van der Waals surface area contributed by atoms with Gasteiger partial charge in [-0.2, -0.15) is 0 Å². The molecule has 0 atom stereocenters. The van der Waals surface area contributed by atoms with Crippen molar-refractivity contribution in [2.45, 2.75) is 11.4 Å². The number of methoxy groups -OCH3 is 1. The molecule has 0 unspecified atom stereocenters. The highest BCUT2D eigenvalue weighted by Crippen LogP contribution is 2.30. The fourth-order valence-electron chi connectivity index (χ4n) is 2.37. The van der Waals surface area contributed by atoms with Crippen LogP contribution in [0.2, 0.25) is 0 Å². The first kappa shape index (κ1) is 17.0. The lowest BCUT2D eigenvalue weighted by molar-refractivity contribution is 0.415. The van der Waals surface area contributed by atoms with Gasteiger partial charge in [0.25, 0.3) is 0 Å². The molecule has 3 rings (SSSR count). The van der Waals surface area contributed by atoms with Crippen LogP contribution in [0.1, 0.15) is 5.76 Å². The Bertz CT molecular complexity index is 949. The Balaban J connectivity index is 1.89. The Kier molecular flexibility index (Phi) is 4.76. The van der Waals surface area contributed by atoms with E-state index in [-0.39, 0.29) is 4.90 Å². The molecule has 6 nitrogen and oxygen atoms in total. The van der Waals surface area contributed by atoms with Gasteiger partial charge in [-0.15, -0.1) is 0 Å². The summed E-state index contributed by atoms with van der Waals surface area (Å²) in [5.74, 6) is 2.08. The molecular weight excluding hydrogens is 340 g/mol. The minimum absolute atomic E-state index is 0.266. The molecule has 0 amide bonds. The second-order valence-corrected chi connectivity index (χ2v) is 7.49. The van der Waals surface area contributed by atoms with E-state index in [4.69, 9.17) is 9.15 Å². The van der Waals surface area contributed by atoms with Gasteiger partial charge >= 0.3 is 0 Å². The van der Waals surface area contributed by atoms with E-state index in [1.807, 2.05) is 24.3 Å². The number of hydrogen-bond acceptors (Lipinski definition) is 6. The summed E-state index contributed by atoms with van der Waals surface area (Å²) in [7, 11) is -1.66. The van der Waals surface area contributed by atoms with Crippen LogP contribution >= 0.6 is 0 Å². The number of nitrogens with zero attached hydrogens (tertiary/aromatic N) is 1. The molecule has 0 saturated heterocycles. The van der Waals surface area contributed by atoms with Crippen LogP contribution in [0, 0.1) is 0 Å². The molecule has 130 valence electrons. The zero-order chi connectivity index (χ0) is 17.9. The normalized spacial score (nSPS) is 11.3. The van der Waals surface area contributed by atoms with E-state index in [0.717, 1.165) is 11.3 Å². The molecule has 2 heterocycles. The molecule has 0 saturated carbocycles. The van der Waals surface area contributed by atoms with Gasteiger partial charge < -0.3 is 14.5 Å². The lowest BCUT2D eigenvalue weighted by Crippen LogP contribution is -2.02. The number of benzene rings is 1. The SMILES string of the molecule is COc1ccc(NCc2ccco2)nc1-c1ccc(S(C)(=O)=O)cc1. The summed E-state index contributed by atoms with van der Waals surface area (Å²) in [5.41, 5.74) is 1.40. The number of sulfone groups is 1. The van der Waals surface area contributed by atoms with Crippen LogP contribution in [0.15, 0.2) is 64.1 Å². The summed E-state index contributed by atoms with van der Waals surface area (Å²) < 4.78 is 33.9. The Morgan fingerprint density at radius 1 is 1.12 bits per heavy atom. The molecule has 3 aromatic rings. The maximum absolute atomic E-state index is 11.6. The number of furan rings is 1. The Morgan fingerprint density at radius 2 is 1.88 bits per heavy atom. The Labute approximate surface area is 146 Å². The molecule has 0 aliphatic rings. The topological polar surface area (TPSA) is 81.4 Å². The van der Waals surface area contributed by atoms with Gasteiger partial charge in [0.2, 0.25) is 0 Å². The van der Waals surface area contributed by atoms with E-state index in [1.54, 1.807) is 37.6 Å². The highest BCUT2D eigenvalue weighted by Gasteiger charge is 2.12. The van der Waals surface area contributed by atoms with Crippen molar-refractivity contribution in [2.75, 3.05) is 18.7 Å². The van der Waals surface area contributed by atoms with Gasteiger partial charge in [-0.05, 0) is 36.4 Å². The molecule has 0 aliphatic carbocycles. The zero-order valence-electron chi connectivity index (χ0n) is 13.9. The van der Waals surface area contributed by atoms with E-state index >= 15 is 0 Å². The average molecular weight is 358 g/mol.